The first kappa shape index (κ1) is 9.37. The van der Waals surface area contributed by atoms with Crippen molar-refractivity contribution in [3.8, 4) is 0 Å². The van der Waals surface area contributed by atoms with E-state index in [-0.39, 0.29) is 0 Å². The van der Waals surface area contributed by atoms with E-state index in [1.54, 1.807) is 6.07 Å². The number of aromatic nitrogens is 2. The lowest BCUT2D eigenvalue weighted by molar-refractivity contribution is 0.948. The minimum Gasteiger partial charge on any atom is -0.232 e. The highest BCUT2D eigenvalue weighted by molar-refractivity contribution is 6.41. The molecule has 1 aliphatic carbocycles. The van der Waals surface area contributed by atoms with Gasteiger partial charge in [-0.15, -0.1) is 0 Å². The lowest BCUT2D eigenvalue weighted by atomic mass is 10.2. The van der Waals surface area contributed by atoms with Crippen LogP contribution < -0.4 is 0 Å². The van der Waals surface area contributed by atoms with E-state index in [0.717, 1.165) is 16.7 Å². The molecule has 2 nitrogen and oxygen atoms in total. The molecule has 2 aromatic rings. The monoisotopic (exact) mass is 238 g/mol. The zero-order valence-corrected chi connectivity index (χ0v) is 9.39. The average molecular weight is 239 g/mol. The number of benzene rings is 1. The summed E-state index contributed by atoms with van der Waals surface area (Å²) >= 11 is 12.1. The van der Waals surface area contributed by atoms with Crippen molar-refractivity contribution in [2.24, 2.45) is 0 Å². The lowest BCUT2D eigenvalue weighted by Gasteiger charge is -2.04. The van der Waals surface area contributed by atoms with Crippen LogP contribution in [0.2, 0.25) is 10.2 Å². The summed E-state index contributed by atoms with van der Waals surface area (Å²) < 4.78 is 0. The number of rotatable bonds is 1. The molecule has 0 saturated heterocycles. The van der Waals surface area contributed by atoms with E-state index >= 15 is 0 Å². The predicted octanol–water partition coefficient (Wildman–Crippen LogP) is 3.81. The second-order valence-corrected chi connectivity index (χ2v) is 4.55. The quantitative estimate of drug-likeness (QED) is 0.707. The topological polar surface area (TPSA) is 25.8 Å². The molecule has 1 aromatic heterocycles. The van der Waals surface area contributed by atoms with Crippen molar-refractivity contribution in [3.63, 3.8) is 0 Å². The van der Waals surface area contributed by atoms with Gasteiger partial charge in [-0.2, -0.15) is 0 Å². The zero-order chi connectivity index (χ0) is 10.4. The highest BCUT2D eigenvalue weighted by atomic mass is 35.5. The summed E-state index contributed by atoms with van der Waals surface area (Å²) in [5, 5.41) is 1.83. The standard InChI is InChI=1S/C11H8Cl2N2/c12-7-2-1-3-8-9(7)10(13)15-11(14-8)6-4-5-6/h1-3,6H,4-5H2. The fraction of sp³-hybridized carbons (Fsp3) is 0.273. The summed E-state index contributed by atoms with van der Waals surface area (Å²) in [5.41, 5.74) is 0.837. The van der Waals surface area contributed by atoms with Crippen molar-refractivity contribution in [1.29, 1.82) is 0 Å². The number of hydrogen-bond donors (Lipinski definition) is 0. The molecule has 1 aromatic carbocycles. The van der Waals surface area contributed by atoms with Crippen molar-refractivity contribution in [1.82, 2.24) is 9.97 Å². The Kier molecular flexibility index (Phi) is 2.08. The molecule has 0 unspecified atom stereocenters. The second kappa shape index (κ2) is 3.32. The predicted molar refractivity (Wildman–Crippen MR) is 61.5 cm³/mol. The lowest BCUT2D eigenvalue weighted by Crippen LogP contribution is -1.94. The number of fused-ring (bicyclic) bond motifs is 1. The molecular formula is C11H8Cl2N2. The normalized spacial score (nSPS) is 15.9. The van der Waals surface area contributed by atoms with Gasteiger partial charge in [-0.05, 0) is 25.0 Å². The van der Waals surface area contributed by atoms with Gasteiger partial charge in [0, 0.05) is 5.92 Å². The van der Waals surface area contributed by atoms with E-state index in [1.165, 1.54) is 12.8 Å². The molecule has 0 radical (unpaired) electrons. The zero-order valence-electron chi connectivity index (χ0n) is 7.87. The second-order valence-electron chi connectivity index (χ2n) is 3.78. The van der Waals surface area contributed by atoms with E-state index in [4.69, 9.17) is 23.2 Å². The molecule has 0 amide bonds. The van der Waals surface area contributed by atoms with Crippen LogP contribution in [0.5, 0.6) is 0 Å². The molecule has 1 heterocycles. The summed E-state index contributed by atoms with van der Waals surface area (Å²) in [6, 6.07) is 5.60. The maximum atomic E-state index is 6.10. The van der Waals surface area contributed by atoms with Gasteiger partial charge in [-0.25, -0.2) is 9.97 Å². The Labute approximate surface area is 97.2 Å². The Balaban J connectivity index is 2.31. The molecule has 3 rings (SSSR count). The average Bonchev–Trinajstić information content (AvgIpc) is 3.00. The van der Waals surface area contributed by atoms with Gasteiger partial charge in [0.2, 0.25) is 0 Å². The molecule has 15 heavy (non-hydrogen) atoms. The third kappa shape index (κ3) is 1.58. The molecule has 0 aliphatic heterocycles. The van der Waals surface area contributed by atoms with E-state index in [1.807, 2.05) is 12.1 Å². The molecule has 76 valence electrons. The van der Waals surface area contributed by atoms with Gasteiger partial charge in [0.1, 0.15) is 11.0 Å². The molecule has 1 saturated carbocycles. The maximum Gasteiger partial charge on any atom is 0.142 e. The molecule has 0 bridgehead atoms. The van der Waals surface area contributed by atoms with Crippen LogP contribution in [0.3, 0.4) is 0 Å². The van der Waals surface area contributed by atoms with Crippen molar-refractivity contribution in [3.05, 3.63) is 34.2 Å². The van der Waals surface area contributed by atoms with Crippen LogP contribution >= 0.6 is 23.2 Å². The van der Waals surface area contributed by atoms with Crippen LogP contribution in [0.1, 0.15) is 24.6 Å². The van der Waals surface area contributed by atoms with Crippen LogP contribution in [0.4, 0.5) is 0 Å². The molecule has 4 heteroatoms. The highest BCUT2D eigenvalue weighted by Gasteiger charge is 2.27. The van der Waals surface area contributed by atoms with Crippen LogP contribution in [0.15, 0.2) is 18.2 Å². The third-order valence-corrected chi connectivity index (χ3v) is 3.18. The number of halogens is 2. The Morgan fingerprint density at radius 1 is 1.13 bits per heavy atom. The molecule has 0 atom stereocenters. The molecule has 1 aliphatic rings. The maximum absolute atomic E-state index is 6.10. The minimum atomic E-state index is 0.465. The van der Waals surface area contributed by atoms with Crippen molar-refractivity contribution in [2.45, 2.75) is 18.8 Å². The van der Waals surface area contributed by atoms with Gasteiger partial charge in [0.15, 0.2) is 0 Å². The minimum absolute atomic E-state index is 0.465. The number of hydrogen-bond acceptors (Lipinski definition) is 2. The van der Waals surface area contributed by atoms with Gasteiger partial charge in [0.25, 0.3) is 0 Å². The van der Waals surface area contributed by atoms with E-state index in [9.17, 15) is 0 Å². The summed E-state index contributed by atoms with van der Waals surface area (Å²) in [6.07, 6.45) is 2.34. The Hall–Kier alpha value is -0.860. The molecule has 1 fully saturated rings. The van der Waals surface area contributed by atoms with Crippen molar-refractivity contribution in [2.75, 3.05) is 0 Å². The van der Waals surface area contributed by atoms with Gasteiger partial charge in [0.05, 0.1) is 15.9 Å². The fourth-order valence-electron chi connectivity index (χ4n) is 1.64. The van der Waals surface area contributed by atoms with Crippen LogP contribution in [0.25, 0.3) is 10.9 Å². The third-order valence-electron chi connectivity index (χ3n) is 2.59. The first-order chi connectivity index (χ1) is 7.25. The fourth-order valence-corrected chi connectivity index (χ4v) is 2.23. The molecular weight excluding hydrogens is 231 g/mol. The molecule has 0 N–H and O–H groups in total. The smallest absolute Gasteiger partial charge is 0.142 e. The van der Waals surface area contributed by atoms with Crippen LogP contribution in [-0.2, 0) is 0 Å². The van der Waals surface area contributed by atoms with Crippen LogP contribution in [0, 0.1) is 0 Å². The Morgan fingerprint density at radius 2 is 1.93 bits per heavy atom. The van der Waals surface area contributed by atoms with Gasteiger partial charge < -0.3 is 0 Å². The summed E-state index contributed by atoms with van der Waals surface area (Å²) in [4.78, 5) is 8.77. The summed E-state index contributed by atoms with van der Waals surface area (Å²) in [5.74, 6) is 1.36. The van der Waals surface area contributed by atoms with Crippen molar-refractivity contribution < 1.29 is 0 Å². The Morgan fingerprint density at radius 3 is 2.67 bits per heavy atom. The molecule has 0 spiro atoms. The number of nitrogens with zero attached hydrogens (tertiary/aromatic N) is 2. The Bertz CT molecular complexity index is 535. The SMILES string of the molecule is Clc1cccc2nc(C3CC3)nc(Cl)c12. The van der Waals surface area contributed by atoms with Gasteiger partial charge in [-0.3, -0.25) is 0 Å². The van der Waals surface area contributed by atoms with E-state index in [2.05, 4.69) is 9.97 Å². The van der Waals surface area contributed by atoms with Gasteiger partial charge in [-0.1, -0.05) is 29.3 Å². The van der Waals surface area contributed by atoms with Crippen molar-refractivity contribution >= 4 is 34.1 Å². The first-order valence-corrected chi connectivity index (χ1v) is 5.63. The van der Waals surface area contributed by atoms with Gasteiger partial charge >= 0.3 is 0 Å². The van der Waals surface area contributed by atoms with E-state index in [0.29, 0.717) is 16.1 Å². The summed E-state index contributed by atoms with van der Waals surface area (Å²) in [6.45, 7) is 0. The largest absolute Gasteiger partial charge is 0.232 e. The van der Waals surface area contributed by atoms with Crippen LogP contribution in [-0.4, -0.2) is 9.97 Å². The first-order valence-electron chi connectivity index (χ1n) is 4.87. The highest BCUT2D eigenvalue weighted by Crippen LogP contribution is 2.40. The van der Waals surface area contributed by atoms with E-state index < -0.39 is 0 Å². The summed E-state index contributed by atoms with van der Waals surface area (Å²) in [7, 11) is 0.